The third kappa shape index (κ3) is 3.09. The van der Waals surface area contributed by atoms with Gasteiger partial charge in [0, 0.05) is 23.6 Å². The van der Waals surface area contributed by atoms with E-state index in [4.69, 9.17) is 4.74 Å². The van der Waals surface area contributed by atoms with Crippen molar-refractivity contribution in [3.8, 4) is 0 Å². The second-order valence-electron chi connectivity index (χ2n) is 6.69. The molecule has 0 saturated carbocycles. The number of ether oxygens (including phenoxy) is 1. The van der Waals surface area contributed by atoms with Crippen molar-refractivity contribution >= 4 is 17.0 Å². The molecular formula is C17H23N3O2. The van der Waals surface area contributed by atoms with Gasteiger partial charge in [-0.15, -0.1) is 0 Å². The Balaban J connectivity index is 1.82. The third-order valence-electron chi connectivity index (χ3n) is 4.18. The zero-order chi connectivity index (χ0) is 15.7. The maximum absolute atomic E-state index is 11.3. The fourth-order valence-corrected chi connectivity index (χ4v) is 2.98. The van der Waals surface area contributed by atoms with Crippen LogP contribution in [0.25, 0.3) is 10.9 Å². The van der Waals surface area contributed by atoms with Gasteiger partial charge in [-0.1, -0.05) is 6.07 Å². The van der Waals surface area contributed by atoms with Gasteiger partial charge >= 0.3 is 6.09 Å². The Kier molecular flexibility index (Phi) is 3.83. The van der Waals surface area contributed by atoms with Crippen molar-refractivity contribution < 1.29 is 9.53 Å². The largest absolute Gasteiger partial charge is 0.447 e. The molecule has 0 radical (unpaired) electrons. The molecule has 1 fully saturated rings. The topological polar surface area (TPSA) is 57.4 Å². The van der Waals surface area contributed by atoms with Crippen LogP contribution in [0.1, 0.15) is 18.1 Å². The summed E-state index contributed by atoms with van der Waals surface area (Å²) in [5.74, 6) is 0. The lowest BCUT2D eigenvalue weighted by Gasteiger charge is -2.21. The van der Waals surface area contributed by atoms with Crippen LogP contribution >= 0.6 is 0 Å². The van der Waals surface area contributed by atoms with Crippen molar-refractivity contribution in [2.75, 3.05) is 27.2 Å². The number of amides is 1. The van der Waals surface area contributed by atoms with E-state index < -0.39 is 0 Å². The number of carbonyl (C=O) groups excluding carboxylic acids is 1. The fourth-order valence-electron chi connectivity index (χ4n) is 2.98. The first-order valence-electron chi connectivity index (χ1n) is 7.64. The molecule has 1 aromatic heterocycles. The summed E-state index contributed by atoms with van der Waals surface area (Å²) in [7, 11) is 4.17. The highest BCUT2D eigenvalue weighted by Gasteiger charge is 2.34. The van der Waals surface area contributed by atoms with E-state index in [1.165, 1.54) is 16.5 Å². The fraction of sp³-hybridized carbons (Fsp3) is 0.471. The minimum atomic E-state index is -0.322. The summed E-state index contributed by atoms with van der Waals surface area (Å²) in [6.45, 7) is 3.47. The predicted molar refractivity (Wildman–Crippen MR) is 87.1 cm³/mol. The molecule has 2 heterocycles. The second-order valence-corrected chi connectivity index (χ2v) is 6.69. The normalized spacial score (nSPS) is 21.4. The molecule has 0 spiro atoms. The maximum atomic E-state index is 11.3. The summed E-state index contributed by atoms with van der Waals surface area (Å²) in [4.78, 5) is 16.8. The first-order valence-corrected chi connectivity index (χ1v) is 7.64. The number of carbonyl (C=O) groups is 1. The van der Waals surface area contributed by atoms with Gasteiger partial charge in [-0.2, -0.15) is 0 Å². The number of cyclic esters (lactones) is 1. The molecule has 2 N–H and O–H groups in total. The first-order chi connectivity index (χ1) is 10.5. The average molecular weight is 301 g/mol. The zero-order valence-corrected chi connectivity index (χ0v) is 13.4. The van der Waals surface area contributed by atoms with Crippen LogP contribution in [0, 0.1) is 0 Å². The van der Waals surface area contributed by atoms with Gasteiger partial charge in [0.2, 0.25) is 0 Å². The standard InChI is InChI=1S/C17H23N3O2/c1-17(11-22-16(21)19-17)9-12-4-5-15-14(8-12)13(10-18-15)6-7-20(2)3/h4-5,8,10,18H,6-7,9,11H2,1-3H3,(H,19,21). The second kappa shape index (κ2) is 5.65. The molecule has 1 unspecified atom stereocenters. The number of alkyl carbamates (subject to hydrolysis) is 1. The number of rotatable bonds is 5. The minimum absolute atomic E-state index is 0.315. The number of aromatic nitrogens is 1. The number of nitrogens with one attached hydrogen (secondary N) is 2. The van der Waals surface area contributed by atoms with Crippen LogP contribution in [0.3, 0.4) is 0 Å². The van der Waals surface area contributed by atoms with Gasteiger partial charge in [-0.3, -0.25) is 0 Å². The molecule has 1 aliphatic rings. The molecule has 0 bridgehead atoms. The number of fused-ring (bicyclic) bond motifs is 1. The van der Waals surface area contributed by atoms with Crippen LogP contribution in [0.5, 0.6) is 0 Å². The molecule has 2 aromatic rings. The molecule has 0 aliphatic carbocycles. The van der Waals surface area contributed by atoms with E-state index in [2.05, 4.69) is 53.7 Å². The Hall–Kier alpha value is -2.01. The summed E-state index contributed by atoms with van der Waals surface area (Å²) in [6, 6.07) is 6.46. The van der Waals surface area contributed by atoms with Crippen molar-refractivity contribution in [3.05, 3.63) is 35.5 Å². The monoisotopic (exact) mass is 301 g/mol. The number of aromatic amines is 1. The quantitative estimate of drug-likeness (QED) is 0.891. The summed E-state index contributed by atoms with van der Waals surface area (Å²) in [5.41, 5.74) is 3.40. The highest BCUT2D eigenvalue weighted by Crippen LogP contribution is 2.24. The number of likely N-dealkylation sites (N-methyl/N-ethyl adjacent to an activating group) is 1. The van der Waals surface area contributed by atoms with E-state index in [0.29, 0.717) is 6.61 Å². The van der Waals surface area contributed by atoms with E-state index in [0.717, 1.165) is 24.9 Å². The van der Waals surface area contributed by atoms with E-state index in [9.17, 15) is 4.79 Å². The first kappa shape index (κ1) is 14.9. The zero-order valence-electron chi connectivity index (χ0n) is 13.4. The summed E-state index contributed by atoms with van der Waals surface area (Å²) in [6.07, 6.45) is 3.57. The lowest BCUT2D eigenvalue weighted by atomic mass is 9.93. The van der Waals surface area contributed by atoms with Crippen molar-refractivity contribution in [2.45, 2.75) is 25.3 Å². The van der Waals surface area contributed by atoms with Crippen molar-refractivity contribution in [1.82, 2.24) is 15.2 Å². The smallest absolute Gasteiger partial charge is 0.407 e. The number of nitrogens with zero attached hydrogens (tertiary/aromatic N) is 1. The lowest BCUT2D eigenvalue weighted by molar-refractivity contribution is 0.173. The molecule has 5 nitrogen and oxygen atoms in total. The van der Waals surface area contributed by atoms with Crippen molar-refractivity contribution in [2.24, 2.45) is 0 Å². The minimum Gasteiger partial charge on any atom is -0.447 e. The summed E-state index contributed by atoms with van der Waals surface area (Å²) < 4.78 is 5.04. The van der Waals surface area contributed by atoms with Crippen LogP contribution < -0.4 is 5.32 Å². The molecule has 1 atom stereocenters. The number of hydrogen-bond acceptors (Lipinski definition) is 3. The molecular weight excluding hydrogens is 278 g/mol. The van der Waals surface area contributed by atoms with E-state index in [-0.39, 0.29) is 11.6 Å². The Bertz CT molecular complexity index is 692. The number of H-pyrrole nitrogens is 1. The molecule has 1 amide bonds. The average Bonchev–Trinajstić information content (AvgIpc) is 3.00. The summed E-state index contributed by atoms with van der Waals surface area (Å²) in [5, 5.41) is 4.17. The van der Waals surface area contributed by atoms with Gasteiger partial charge in [0.1, 0.15) is 6.61 Å². The Morgan fingerprint density at radius 3 is 2.86 bits per heavy atom. The number of hydrogen-bond donors (Lipinski definition) is 2. The molecule has 5 heteroatoms. The lowest BCUT2D eigenvalue weighted by Crippen LogP contribution is -2.42. The Labute approximate surface area is 130 Å². The van der Waals surface area contributed by atoms with Gasteiger partial charge in [0.15, 0.2) is 0 Å². The Morgan fingerprint density at radius 2 is 2.18 bits per heavy atom. The maximum Gasteiger partial charge on any atom is 0.407 e. The van der Waals surface area contributed by atoms with Gasteiger partial charge in [0.05, 0.1) is 5.54 Å². The Morgan fingerprint density at radius 1 is 1.36 bits per heavy atom. The summed E-state index contributed by atoms with van der Waals surface area (Å²) >= 11 is 0. The molecule has 1 aromatic carbocycles. The highest BCUT2D eigenvalue weighted by molar-refractivity contribution is 5.84. The molecule has 118 valence electrons. The van der Waals surface area contributed by atoms with E-state index in [1.807, 2.05) is 6.92 Å². The van der Waals surface area contributed by atoms with E-state index >= 15 is 0 Å². The van der Waals surface area contributed by atoms with Gasteiger partial charge in [-0.25, -0.2) is 4.79 Å². The third-order valence-corrected chi connectivity index (χ3v) is 4.18. The van der Waals surface area contributed by atoms with Crippen LogP contribution in [-0.4, -0.2) is 48.8 Å². The highest BCUT2D eigenvalue weighted by atomic mass is 16.6. The van der Waals surface area contributed by atoms with Gasteiger partial charge in [-0.05, 0) is 57.1 Å². The van der Waals surface area contributed by atoms with Gasteiger partial charge in [0.25, 0.3) is 0 Å². The van der Waals surface area contributed by atoms with Crippen LogP contribution in [0.4, 0.5) is 4.79 Å². The predicted octanol–water partition coefficient (Wildman–Crippen LogP) is 2.31. The molecule has 3 rings (SSSR count). The number of benzene rings is 1. The molecule has 1 aliphatic heterocycles. The van der Waals surface area contributed by atoms with Crippen LogP contribution in [0.15, 0.2) is 24.4 Å². The van der Waals surface area contributed by atoms with Crippen LogP contribution in [-0.2, 0) is 17.6 Å². The molecule has 22 heavy (non-hydrogen) atoms. The molecule has 1 saturated heterocycles. The van der Waals surface area contributed by atoms with Crippen LogP contribution in [0.2, 0.25) is 0 Å². The van der Waals surface area contributed by atoms with Crippen molar-refractivity contribution in [1.29, 1.82) is 0 Å². The van der Waals surface area contributed by atoms with Crippen molar-refractivity contribution in [3.63, 3.8) is 0 Å². The SMILES string of the molecule is CN(C)CCc1c[nH]c2ccc(CC3(C)COC(=O)N3)cc12. The van der Waals surface area contributed by atoms with E-state index in [1.54, 1.807) is 0 Å². The van der Waals surface area contributed by atoms with Gasteiger partial charge < -0.3 is 19.9 Å².